The number of nitrogens with one attached hydrogen (secondary N) is 1. The van der Waals surface area contributed by atoms with Crippen LogP contribution >= 0.6 is 0 Å². The summed E-state index contributed by atoms with van der Waals surface area (Å²) in [5.74, 6) is -0.104. The van der Waals surface area contributed by atoms with E-state index in [-0.39, 0.29) is 12.3 Å². The van der Waals surface area contributed by atoms with Crippen LogP contribution in [0, 0.1) is 0 Å². The van der Waals surface area contributed by atoms with Gasteiger partial charge in [0.15, 0.2) is 0 Å². The van der Waals surface area contributed by atoms with E-state index in [0.717, 1.165) is 5.56 Å². The fraction of sp³-hybridized carbons (Fsp3) is 0.417. The number of hydrogen-bond donors (Lipinski definition) is 2. The summed E-state index contributed by atoms with van der Waals surface area (Å²) in [5, 5.41) is 12.0. The first-order chi connectivity index (χ1) is 7.22. The minimum Gasteiger partial charge on any atom is -0.393 e. The Morgan fingerprint density at radius 1 is 1.40 bits per heavy atom. The second-order valence-electron chi connectivity index (χ2n) is 3.53. The van der Waals surface area contributed by atoms with Gasteiger partial charge in [0, 0.05) is 6.54 Å². The maximum atomic E-state index is 11.3. The van der Waals surface area contributed by atoms with E-state index < -0.39 is 6.10 Å². The average molecular weight is 207 g/mol. The minimum atomic E-state index is -0.527. The summed E-state index contributed by atoms with van der Waals surface area (Å²) in [6.45, 7) is 2.38. The highest BCUT2D eigenvalue weighted by Crippen LogP contribution is 1.99. The van der Waals surface area contributed by atoms with Crippen LogP contribution in [-0.2, 0) is 11.3 Å². The van der Waals surface area contributed by atoms with Crippen molar-refractivity contribution >= 4 is 5.91 Å². The number of aliphatic hydroxyl groups is 1. The van der Waals surface area contributed by atoms with Crippen molar-refractivity contribution in [2.24, 2.45) is 0 Å². The van der Waals surface area contributed by atoms with Crippen LogP contribution in [0.25, 0.3) is 0 Å². The van der Waals surface area contributed by atoms with Gasteiger partial charge in [0.05, 0.1) is 12.5 Å². The summed E-state index contributed by atoms with van der Waals surface area (Å²) in [6, 6.07) is 9.71. The Kier molecular flexibility index (Phi) is 4.84. The lowest BCUT2D eigenvalue weighted by molar-refractivity contribution is -0.123. The van der Waals surface area contributed by atoms with Gasteiger partial charge in [0.2, 0.25) is 5.91 Å². The summed E-state index contributed by atoms with van der Waals surface area (Å²) in [5.41, 5.74) is 1.07. The van der Waals surface area contributed by atoms with Gasteiger partial charge in [0.1, 0.15) is 0 Å². The average Bonchev–Trinajstić information content (AvgIpc) is 2.27. The second-order valence-corrected chi connectivity index (χ2v) is 3.53. The molecule has 0 spiro atoms. The van der Waals surface area contributed by atoms with Crippen LogP contribution in [0.4, 0.5) is 0 Å². The van der Waals surface area contributed by atoms with E-state index in [1.54, 1.807) is 0 Å². The Bertz CT molecular complexity index is 298. The van der Waals surface area contributed by atoms with Gasteiger partial charge in [-0.3, -0.25) is 4.79 Å². The molecule has 1 rings (SSSR count). The Balaban J connectivity index is 2.29. The first-order valence-corrected chi connectivity index (χ1v) is 5.21. The van der Waals surface area contributed by atoms with Crippen LogP contribution in [0.5, 0.6) is 0 Å². The van der Waals surface area contributed by atoms with E-state index in [0.29, 0.717) is 13.0 Å². The largest absolute Gasteiger partial charge is 0.393 e. The predicted molar refractivity (Wildman–Crippen MR) is 59.2 cm³/mol. The van der Waals surface area contributed by atoms with Crippen LogP contribution in [0.3, 0.4) is 0 Å². The van der Waals surface area contributed by atoms with Crippen LogP contribution in [0.1, 0.15) is 25.3 Å². The molecule has 3 nitrogen and oxygen atoms in total. The third-order valence-electron chi connectivity index (χ3n) is 2.22. The second kappa shape index (κ2) is 6.19. The summed E-state index contributed by atoms with van der Waals surface area (Å²) in [4.78, 5) is 11.3. The quantitative estimate of drug-likeness (QED) is 0.768. The van der Waals surface area contributed by atoms with Crippen molar-refractivity contribution in [1.82, 2.24) is 5.32 Å². The molecule has 0 aliphatic rings. The number of hydrogen-bond acceptors (Lipinski definition) is 2. The molecular formula is C12H17NO2. The summed E-state index contributed by atoms with van der Waals surface area (Å²) in [7, 11) is 0. The minimum absolute atomic E-state index is 0.104. The zero-order valence-electron chi connectivity index (χ0n) is 8.94. The van der Waals surface area contributed by atoms with Crippen molar-refractivity contribution < 1.29 is 9.90 Å². The molecule has 0 aromatic heterocycles. The standard InChI is InChI=1S/C12H17NO2/c1-2-11(14)8-12(15)13-9-10-6-4-3-5-7-10/h3-7,11,14H,2,8-9H2,1H3,(H,13,15)/t11-/m0/s1. The highest BCUT2D eigenvalue weighted by molar-refractivity contribution is 5.76. The van der Waals surface area contributed by atoms with Crippen molar-refractivity contribution in [2.75, 3.05) is 0 Å². The molecule has 0 aliphatic heterocycles. The summed E-state index contributed by atoms with van der Waals surface area (Å²) in [6.07, 6.45) is 0.267. The zero-order chi connectivity index (χ0) is 11.1. The molecule has 15 heavy (non-hydrogen) atoms. The molecule has 1 atom stereocenters. The molecule has 0 saturated heterocycles. The Morgan fingerprint density at radius 2 is 2.07 bits per heavy atom. The Labute approximate surface area is 90.1 Å². The van der Waals surface area contributed by atoms with Crippen molar-refractivity contribution in [3.8, 4) is 0 Å². The van der Waals surface area contributed by atoms with Crippen molar-refractivity contribution in [2.45, 2.75) is 32.4 Å². The molecule has 1 aromatic carbocycles. The summed E-state index contributed by atoms with van der Waals surface area (Å²) >= 11 is 0. The summed E-state index contributed by atoms with van der Waals surface area (Å²) < 4.78 is 0. The topological polar surface area (TPSA) is 49.3 Å². The van der Waals surface area contributed by atoms with E-state index in [1.807, 2.05) is 37.3 Å². The normalized spacial score (nSPS) is 12.1. The van der Waals surface area contributed by atoms with Gasteiger partial charge in [-0.1, -0.05) is 37.3 Å². The molecule has 0 heterocycles. The van der Waals surface area contributed by atoms with E-state index in [4.69, 9.17) is 0 Å². The maximum Gasteiger partial charge on any atom is 0.222 e. The van der Waals surface area contributed by atoms with Crippen LogP contribution in [0.15, 0.2) is 30.3 Å². The molecule has 0 bridgehead atoms. The Morgan fingerprint density at radius 3 is 2.67 bits per heavy atom. The molecule has 3 heteroatoms. The van der Waals surface area contributed by atoms with E-state index >= 15 is 0 Å². The van der Waals surface area contributed by atoms with Crippen LogP contribution in [0.2, 0.25) is 0 Å². The number of rotatable bonds is 5. The molecule has 0 radical (unpaired) electrons. The van der Waals surface area contributed by atoms with E-state index in [9.17, 15) is 9.90 Å². The van der Waals surface area contributed by atoms with Gasteiger partial charge in [0.25, 0.3) is 0 Å². The fourth-order valence-corrected chi connectivity index (χ4v) is 1.23. The number of carbonyl (C=O) groups excluding carboxylic acids is 1. The van der Waals surface area contributed by atoms with Crippen molar-refractivity contribution in [3.63, 3.8) is 0 Å². The van der Waals surface area contributed by atoms with Gasteiger partial charge < -0.3 is 10.4 Å². The van der Waals surface area contributed by atoms with Gasteiger partial charge in [-0.05, 0) is 12.0 Å². The van der Waals surface area contributed by atoms with Gasteiger partial charge in [-0.15, -0.1) is 0 Å². The zero-order valence-corrected chi connectivity index (χ0v) is 8.94. The maximum absolute atomic E-state index is 11.3. The number of carbonyl (C=O) groups is 1. The number of aliphatic hydroxyl groups excluding tert-OH is 1. The molecule has 0 saturated carbocycles. The molecule has 0 aliphatic carbocycles. The highest BCUT2D eigenvalue weighted by Gasteiger charge is 2.07. The predicted octanol–water partition coefficient (Wildman–Crippen LogP) is 1.46. The van der Waals surface area contributed by atoms with Gasteiger partial charge >= 0.3 is 0 Å². The van der Waals surface area contributed by atoms with Crippen molar-refractivity contribution in [1.29, 1.82) is 0 Å². The smallest absolute Gasteiger partial charge is 0.222 e. The lowest BCUT2D eigenvalue weighted by Crippen LogP contribution is -2.26. The third-order valence-corrected chi connectivity index (χ3v) is 2.22. The molecular weight excluding hydrogens is 190 g/mol. The molecule has 0 unspecified atom stereocenters. The number of amides is 1. The first kappa shape index (κ1) is 11.7. The van der Waals surface area contributed by atoms with Gasteiger partial charge in [-0.25, -0.2) is 0 Å². The van der Waals surface area contributed by atoms with Crippen LogP contribution in [-0.4, -0.2) is 17.1 Å². The molecule has 2 N–H and O–H groups in total. The molecule has 0 fully saturated rings. The molecule has 1 amide bonds. The highest BCUT2D eigenvalue weighted by atomic mass is 16.3. The lowest BCUT2D eigenvalue weighted by Gasteiger charge is -2.08. The monoisotopic (exact) mass is 207 g/mol. The van der Waals surface area contributed by atoms with E-state index in [1.165, 1.54) is 0 Å². The third kappa shape index (κ3) is 4.61. The SMILES string of the molecule is CC[C@H](O)CC(=O)NCc1ccccc1. The van der Waals surface area contributed by atoms with Crippen molar-refractivity contribution in [3.05, 3.63) is 35.9 Å². The van der Waals surface area contributed by atoms with Gasteiger partial charge in [-0.2, -0.15) is 0 Å². The first-order valence-electron chi connectivity index (χ1n) is 5.21. The number of benzene rings is 1. The molecule has 82 valence electrons. The van der Waals surface area contributed by atoms with Crippen LogP contribution < -0.4 is 5.32 Å². The molecule has 1 aromatic rings. The lowest BCUT2D eigenvalue weighted by atomic mass is 10.2. The Hall–Kier alpha value is -1.35. The van der Waals surface area contributed by atoms with E-state index in [2.05, 4.69) is 5.32 Å². The fourth-order valence-electron chi connectivity index (χ4n) is 1.23.